The summed E-state index contributed by atoms with van der Waals surface area (Å²) in [4.78, 5) is 0. The predicted molar refractivity (Wildman–Crippen MR) is 58.9 cm³/mol. The molecular formula is C8H10ClFN2O2S. The molecule has 0 bridgehead atoms. The van der Waals surface area contributed by atoms with E-state index >= 15 is 0 Å². The van der Waals surface area contributed by atoms with E-state index in [1.54, 1.807) is 0 Å². The summed E-state index contributed by atoms with van der Waals surface area (Å²) in [7, 11) is -3.44. The largest absolute Gasteiger partial charge is 0.395 e. The standard InChI is InChI=1S/C8H10ClFN2O2S/c1-2-15(13,14)12-6-4-3-5(10)8(11)7(6)9/h3-4,12H,2,11H2,1H3. The molecule has 0 saturated carbocycles. The third-order valence-corrected chi connectivity index (χ3v) is 3.47. The van der Waals surface area contributed by atoms with Crippen molar-refractivity contribution in [2.45, 2.75) is 6.92 Å². The van der Waals surface area contributed by atoms with Crippen molar-refractivity contribution in [3.05, 3.63) is 23.0 Å². The van der Waals surface area contributed by atoms with E-state index in [2.05, 4.69) is 4.72 Å². The molecule has 0 aliphatic heterocycles. The van der Waals surface area contributed by atoms with Crippen LogP contribution >= 0.6 is 11.6 Å². The van der Waals surface area contributed by atoms with Crippen LogP contribution in [0.4, 0.5) is 15.8 Å². The van der Waals surface area contributed by atoms with Gasteiger partial charge in [0, 0.05) is 0 Å². The average Bonchev–Trinajstić information content (AvgIpc) is 2.19. The van der Waals surface area contributed by atoms with Crippen molar-refractivity contribution in [2.24, 2.45) is 0 Å². The fourth-order valence-electron chi connectivity index (χ4n) is 0.888. The Balaban J connectivity index is 3.13. The Morgan fingerprint density at radius 1 is 1.53 bits per heavy atom. The lowest BCUT2D eigenvalue weighted by Gasteiger charge is -2.09. The maximum atomic E-state index is 12.9. The van der Waals surface area contributed by atoms with Crippen LogP contribution in [-0.4, -0.2) is 14.2 Å². The van der Waals surface area contributed by atoms with Gasteiger partial charge < -0.3 is 5.73 Å². The number of halogens is 2. The van der Waals surface area contributed by atoms with Crippen molar-refractivity contribution in [1.29, 1.82) is 0 Å². The molecule has 1 rings (SSSR count). The molecule has 0 aromatic heterocycles. The van der Waals surface area contributed by atoms with Crippen molar-refractivity contribution in [3.63, 3.8) is 0 Å². The molecule has 4 nitrogen and oxygen atoms in total. The van der Waals surface area contributed by atoms with Gasteiger partial charge in [-0.1, -0.05) is 11.6 Å². The minimum atomic E-state index is -3.44. The van der Waals surface area contributed by atoms with Crippen LogP contribution in [0.1, 0.15) is 6.92 Å². The summed E-state index contributed by atoms with van der Waals surface area (Å²) in [5, 5.41) is -0.132. The lowest BCUT2D eigenvalue weighted by molar-refractivity contribution is 0.602. The number of nitrogen functional groups attached to an aromatic ring is 1. The van der Waals surface area contributed by atoms with Crippen LogP contribution in [0.15, 0.2) is 12.1 Å². The van der Waals surface area contributed by atoms with Gasteiger partial charge in [-0.05, 0) is 19.1 Å². The van der Waals surface area contributed by atoms with Gasteiger partial charge >= 0.3 is 0 Å². The van der Waals surface area contributed by atoms with Gasteiger partial charge in [0.2, 0.25) is 10.0 Å². The molecular weight excluding hydrogens is 243 g/mol. The minimum Gasteiger partial charge on any atom is -0.395 e. The number of hydrogen-bond donors (Lipinski definition) is 2. The molecule has 0 atom stereocenters. The molecule has 0 aliphatic rings. The van der Waals surface area contributed by atoms with Crippen molar-refractivity contribution >= 4 is 33.0 Å². The summed E-state index contributed by atoms with van der Waals surface area (Å²) in [5.74, 6) is -0.778. The molecule has 0 radical (unpaired) electrons. The van der Waals surface area contributed by atoms with Crippen molar-refractivity contribution in [1.82, 2.24) is 0 Å². The number of nitrogens with two attached hydrogens (primary N) is 1. The Labute approximate surface area is 92.3 Å². The molecule has 0 fully saturated rings. The first-order chi connectivity index (χ1) is 6.87. The van der Waals surface area contributed by atoms with Crippen LogP contribution in [0, 0.1) is 5.82 Å². The Kier molecular flexibility index (Phi) is 3.41. The molecule has 0 saturated heterocycles. The highest BCUT2D eigenvalue weighted by atomic mass is 35.5. The maximum Gasteiger partial charge on any atom is 0.232 e. The van der Waals surface area contributed by atoms with E-state index in [-0.39, 0.29) is 22.2 Å². The number of anilines is 2. The first-order valence-electron chi connectivity index (χ1n) is 4.11. The van der Waals surface area contributed by atoms with Gasteiger partial charge in [-0.3, -0.25) is 4.72 Å². The van der Waals surface area contributed by atoms with Crippen LogP contribution < -0.4 is 10.5 Å². The van der Waals surface area contributed by atoms with E-state index in [0.29, 0.717) is 0 Å². The fourth-order valence-corrected chi connectivity index (χ4v) is 1.79. The van der Waals surface area contributed by atoms with Crippen molar-refractivity contribution < 1.29 is 12.8 Å². The summed E-state index contributed by atoms with van der Waals surface area (Å²) < 4.78 is 37.5. The van der Waals surface area contributed by atoms with E-state index in [0.717, 1.165) is 6.07 Å². The first kappa shape index (κ1) is 12.1. The zero-order valence-electron chi connectivity index (χ0n) is 7.92. The molecule has 0 heterocycles. The predicted octanol–water partition coefficient (Wildman–Crippen LogP) is 1.82. The second-order valence-corrected chi connectivity index (χ2v) is 5.22. The molecule has 3 N–H and O–H groups in total. The fraction of sp³-hybridized carbons (Fsp3) is 0.250. The molecule has 0 spiro atoms. The molecule has 84 valence electrons. The monoisotopic (exact) mass is 252 g/mol. The molecule has 15 heavy (non-hydrogen) atoms. The highest BCUT2D eigenvalue weighted by Gasteiger charge is 2.13. The van der Waals surface area contributed by atoms with Gasteiger partial charge in [-0.2, -0.15) is 0 Å². The van der Waals surface area contributed by atoms with Crippen LogP contribution in [-0.2, 0) is 10.0 Å². The molecule has 0 amide bonds. The van der Waals surface area contributed by atoms with Crippen LogP contribution in [0.25, 0.3) is 0 Å². The minimum absolute atomic E-state index is 0.0809. The normalized spacial score (nSPS) is 11.4. The molecule has 0 aliphatic carbocycles. The second-order valence-electron chi connectivity index (χ2n) is 2.83. The summed E-state index contributed by atoms with van der Waals surface area (Å²) >= 11 is 5.67. The third kappa shape index (κ3) is 2.73. The SMILES string of the molecule is CCS(=O)(=O)Nc1ccc(F)c(N)c1Cl. The quantitative estimate of drug-likeness (QED) is 0.806. The molecule has 1 aromatic rings. The van der Waals surface area contributed by atoms with Crippen molar-refractivity contribution in [2.75, 3.05) is 16.2 Å². The first-order valence-corrected chi connectivity index (χ1v) is 6.14. The van der Waals surface area contributed by atoms with Crippen LogP contribution in [0.2, 0.25) is 5.02 Å². The number of hydrogen-bond acceptors (Lipinski definition) is 3. The van der Waals surface area contributed by atoms with Gasteiger partial charge in [0.05, 0.1) is 22.2 Å². The van der Waals surface area contributed by atoms with Gasteiger partial charge in [0.25, 0.3) is 0 Å². The second kappa shape index (κ2) is 4.24. The summed E-state index contributed by atoms with van der Waals surface area (Å²) in [6.07, 6.45) is 0. The van der Waals surface area contributed by atoms with E-state index in [1.807, 2.05) is 0 Å². The zero-order valence-corrected chi connectivity index (χ0v) is 9.49. The lowest BCUT2D eigenvalue weighted by atomic mass is 10.3. The summed E-state index contributed by atoms with van der Waals surface area (Å²) in [6.45, 7) is 1.48. The summed E-state index contributed by atoms with van der Waals surface area (Å²) in [6, 6.07) is 2.27. The van der Waals surface area contributed by atoms with Gasteiger partial charge in [0.15, 0.2) is 0 Å². The third-order valence-electron chi connectivity index (χ3n) is 1.77. The van der Waals surface area contributed by atoms with E-state index in [9.17, 15) is 12.8 Å². The van der Waals surface area contributed by atoms with Gasteiger partial charge in [0.1, 0.15) is 5.82 Å². The smallest absolute Gasteiger partial charge is 0.232 e. The van der Waals surface area contributed by atoms with Crippen LogP contribution in [0.3, 0.4) is 0 Å². The molecule has 0 unspecified atom stereocenters. The van der Waals surface area contributed by atoms with E-state index in [1.165, 1.54) is 13.0 Å². The average molecular weight is 253 g/mol. The molecule has 1 aromatic carbocycles. The Morgan fingerprint density at radius 2 is 2.13 bits per heavy atom. The van der Waals surface area contributed by atoms with Gasteiger partial charge in [-0.15, -0.1) is 0 Å². The Bertz CT molecular complexity index is 476. The molecule has 7 heteroatoms. The Morgan fingerprint density at radius 3 is 2.67 bits per heavy atom. The number of nitrogens with one attached hydrogen (secondary N) is 1. The lowest BCUT2D eigenvalue weighted by Crippen LogP contribution is -2.15. The van der Waals surface area contributed by atoms with Gasteiger partial charge in [-0.25, -0.2) is 12.8 Å². The number of sulfonamides is 1. The van der Waals surface area contributed by atoms with Crippen molar-refractivity contribution in [3.8, 4) is 0 Å². The maximum absolute atomic E-state index is 12.9. The number of benzene rings is 1. The van der Waals surface area contributed by atoms with E-state index < -0.39 is 15.8 Å². The van der Waals surface area contributed by atoms with Crippen LogP contribution in [0.5, 0.6) is 0 Å². The zero-order chi connectivity index (χ0) is 11.6. The van der Waals surface area contributed by atoms with E-state index in [4.69, 9.17) is 17.3 Å². The summed E-state index contributed by atoms with van der Waals surface area (Å²) in [5.41, 5.74) is 5.11. The number of rotatable bonds is 3. The highest BCUT2D eigenvalue weighted by molar-refractivity contribution is 7.92. The Hall–Kier alpha value is -1.01. The topological polar surface area (TPSA) is 72.2 Å². The highest BCUT2D eigenvalue weighted by Crippen LogP contribution is 2.30.